The molecule has 2 nitrogen and oxygen atoms in total. The number of rotatable bonds is 5. The number of hydrogen-bond donors (Lipinski definition) is 0. The molecule has 0 radical (unpaired) electrons. The molecule has 0 saturated carbocycles. The van der Waals surface area contributed by atoms with Gasteiger partial charge in [0.15, 0.2) is 0 Å². The molecule has 3 heteroatoms. The van der Waals surface area contributed by atoms with Crippen LogP contribution in [-0.2, 0) is 16.0 Å². The van der Waals surface area contributed by atoms with E-state index in [1.165, 1.54) is 22.3 Å². The zero-order valence-corrected chi connectivity index (χ0v) is 12.3. The molecular weight excluding hydrogens is 248 g/mol. The van der Waals surface area contributed by atoms with Gasteiger partial charge in [-0.3, -0.25) is 4.79 Å². The van der Waals surface area contributed by atoms with Gasteiger partial charge < -0.3 is 4.74 Å². The highest BCUT2D eigenvalue weighted by Crippen LogP contribution is 2.21. The van der Waals surface area contributed by atoms with E-state index in [2.05, 4.69) is 32.9 Å². The van der Waals surface area contributed by atoms with Gasteiger partial charge in [-0.25, -0.2) is 0 Å². The summed E-state index contributed by atoms with van der Waals surface area (Å²) in [6.07, 6.45) is 0.973. The van der Waals surface area contributed by atoms with Crippen LogP contribution >= 0.6 is 11.6 Å². The van der Waals surface area contributed by atoms with Crippen molar-refractivity contribution in [2.75, 3.05) is 6.61 Å². The standard InChI is InChI=1S/C15H21ClO2/c1-5-18-15(17)9-13(16)8-14-11(3)6-10(2)7-12(14)4/h6-7,13H,5,8-9H2,1-4H3. The summed E-state index contributed by atoms with van der Waals surface area (Å²) in [6.45, 7) is 8.47. The number of aryl methyl sites for hydroxylation is 3. The van der Waals surface area contributed by atoms with Gasteiger partial charge in [0.05, 0.1) is 13.0 Å². The van der Waals surface area contributed by atoms with E-state index < -0.39 is 0 Å². The fraction of sp³-hybridized carbons (Fsp3) is 0.533. The number of hydrogen-bond acceptors (Lipinski definition) is 2. The number of esters is 1. The molecule has 18 heavy (non-hydrogen) atoms. The van der Waals surface area contributed by atoms with Crippen molar-refractivity contribution >= 4 is 17.6 Å². The van der Waals surface area contributed by atoms with Crippen molar-refractivity contribution in [1.29, 1.82) is 0 Å². The molecule has 0 aliphatic heterocycles. The highest BCUT2D eigenvalue weighted by Gasteiger charge is 2.15. The Morgan fingerprint density at radius 1 is 1.28 bits per heavy atom. The molecule has 0 fully saturated rings. The Hall–Kier alpha value is -1.02. The van der Waals surface area contributed by atoms with Gasteiger partial charge in [-0.05, 0) is 50.8 Å². The minimum absolute atomic E-state index is 0.204. The van der Waals surface area contributed by atoms with Crippen molar-refractivity contribution < 1.29 is 9.53 Å². The molecule has 1 aromatic carbocycles. The van der Waals surface area contributed by atoms with Crippen LogP contribution in [0.5, 0.6) is 0 Å². The molecule has 0 N–H and O–H groups in total. The minimum Gasteiger partial charge on any atom is -0.466 e. The van der Waals surface area contributed by atoms with Crippen LogP contribution in [0.1, 0.15) is 35.6 Å². The predicted molar refractivity (Wildman–Crippen MR) is 75.2 cm³/mol. The Labute approximate surface area is 114 Å². The van der Waals surface area contributed by atoms with Gasteiger partial charge in [0, 0.05) is 5.38 Å². The number of carbonyl (C=O) groups excluding carboxylic acids is 1. The zero-order chi connectivity index (χ0) is 13.7. The molecule has 100 valence electrons. The summed E-state index contributed by atoms with van der Waals surface area (Å²) in [6, 6.07) is 4.30. The summed E-state index contributed by atoms with van der Waals surface area (Å²) in [5.41, 5.74) is 4.97. The Bertz CT molecular complexity index is 403. The lowest BCUT2D eigenvalue weighted by atomic mass is 9.95. The van der Waals surface area contributed by atoms with Crippen LogP contribution in [0, 0.1) is 20.8 Å². The lowest BCUT2D eigenvalue weighted by molar-refractivity contribution is -0.143. The maximum Gasteiger partial charge on any atom is 0.307 e. The first-order valence-electron chi connectivity index (χ1n) is 6.30. The molecule has 0 aromatic heterocycles. The summed E-state index contributed by atoms with van der Waals surface area (Å²) >= 11 is 6.23. The quantitative estimate of drug-likeness (QED) is 0.601. The van der Waals surface area contributed by atoms with Crippen LogP contribution in [0.2, 0.25) is 0 Å². The average Bonchev–Trinajstić information content (AvgIpc) is 2.23. The van der Waals surface area contributed by atoms with Crippen molar-refractivity contribution in [3.63, 3.8) is 0 Å². The molecule has 0 spiro atoms. The normalized spacial score (nSPS) is 12.3. The SMILES string of the molecule is CCOC(=O)CC(Cl)Cc1c(C)cc(C)cc1C. The van der Waals surface area contributed by atoms with Crippen LogP contribution in [-0.4, -0.2) is 18.0 Å². The van der Waals surface area contributed by atoms with Crippen molar-refractivity contribution in [3.05, 3.63) is 34.4 Å². The van der Waals surface area contributed by atoms with Crippen LogP contribution in [0.3, 0.4) is 0 Å². The van der Waals surface area contributed by atoms with E-state index in [0.29, 0.717) is 13.0 Å². The van der Waals surface area contributed by atoms with Gasteiger partial charge in [-0.1, -0.05) is 17.7 Å². The van der Waals surface area contributed by atoms with Crippen LogP contribution in [0.25, 0.3) is 0 Å². The van der Waals surface area contributed by atoms with Crippen LogP contribution < -0.4 is 0 Å². The molecule has 1 aromatic rings. The fourth-order valence-corrected chi connectivity index (χ4v) is 2.51. The van der Waals surface area contributed by atoms with Gasteiger partial charge >= 0.3 is 5.97 Å². The molecule has 0 saturated heterocycles. The number of halogens is 1. The average molecular weight is 269 g/mol. The highest BCUT2D eigenvalue weighted by atomic mass is 35.5. The van der Waals surface area contributed by atoms with E-state index in [-0.39, 0.29) is 17.8 Å². The van der Waals surface area contributed by atoms with Gasteiger partial charge in [-0.15, -0.1) is 11.6 Å². The molecule has 1 unspecified atom stereocenters. The molecule has 0 heterocycles. The fourth-order valence-electron chi connectivity index (χ4n) is 2.23. The maximum absolute atomic E-state index is 11.4. The molecule has 0 aliphatic rings. The van der Waals surface area contributed by atoms with Crippen molar-refractivity contribution in [3.8, 4) is 0 Å². The maximum atomic E-state index is 11.4. The zero-order valence-electron chi connectivity index (χ0n) is 11.5. The monoisotopic (exact) mass is 268 g/mol. The van der Waals surface area contributed by atoms with Crippen molar-refractivity contribution in [1.82, 2.24) is 0 Å². The summed E-state index contributed by atoms with van der Waals surface area (Å²) in [4.78, 5) is 11.4. The second-order valence-corrected chi connectivity index (χ2v) is 5.31. The number of carbonyl (C=O) groups is 1. The molecule has 1 atom stereocenters. The molecule has 0 amide bonds. The van der Waals surface area contributed by atoms with E-state index >= 15 is 0 Å². The van der Waals surface area contributed by atoms with Crippen molar-refractivity contribution in [2.24, 2.45) is 0 Å². The molecule has 1 rings (SSSR count). The van der Waals surface area contributed by atoms with Crippen LogP contribution in [0.4, 0.5) is 0 Å². The summed E-state index contributed by atoms with van der Waals surface area (Å²) < 4.78 is 4.91. The van der Waals surface area contributed by atoms with Gasteiger partial charge in [-0.2, -0.15) is 0 Å². The van der Waals surface area contributed by atoms with E-state index in [1.54, 1.807) is 6.92 Å². The number of benzene rings is 1. The lowest BCUT2D eigenvalue weighted by Gasteiger charge is -2.14. The third kappa shape index (κ3) is 4.34. The highest BCUT2D eigenvalue weighted by molar-refractivity contribution is 6.21. The van der Waals surface area contributed by atoms with Crippen molar-refractivity contribution in [2.45, 2.75) is 45.9 Å². The predicted octanol–water partition coefficient (Wildman–Crippen LogP) is 3.71. The summed E-state index contributed by atoms with van der Waals surface area (Å²) in [5.74, 6) is -0.222. The number of alkyl halides is 1. The van der Waals surface area contributed by atoms with E-state index in [1.807, 2.05) is 0 Å². The first-order chi connectivity index (χ1) is 8.43. The summed E-state index contributed by atoms with van der Waals surface area (Å²) in [7, 11) is 0. The van der Waals surface area contributed by atoms with Gasteiger partial charge in [0.1, 0.15) is 0 Å². The van der Waals surface area contributed by atoms with Gasteiger partial charge in [0.2, 0.25) is 0 Å². The molecular formula is C15H21ClO2. The Morgan fingerprint density at radius 3 is 2.33 bits per heavy atom. The smallest absolute Gasteiger partial charge is 0.307 e. The molecule has 0 bridgehead atoms. The van der Waals surface area contributed by atoms with E-state index in [0.717, 1.165) is 0 Å². The largest absolute Gasteiger partial charge is 0.466 e. The topological polar surface area (TPSA) is 26.3 Å². The van der Waals surface area contributed by atoms with E-state index in [9.17, 15) is 4.79 Å². The Morgan fingerprint density at radius 2 is 1.83 bits per heavy atom. The summed E-state index contributed by atoms with van der Waals surface area (Å²) in [5, 5.41) is -0.204. The molecule has 0 aliphatic carbocycles. The third-order valence-electron chi connectivity index (χ3n) is 2.96. The second-order valence-electron chi connectivity index (χ2n) is 4.69. The number of ether oxygens (including phenoxy) is 1. The minimum atomic E-state index is -0.222. The van der Waals surface area contributed by atoms with E-state index in [4.69, 9.17) is 16.3 Å². The Kier molecular flexibility index (Phi) is 5.67. The first kappa shape index (κ1) is 15.0. The van der Waals surface area contributed by atoms with Crippen LogP contribution in [0.15, 0.2) is 12.1 Å². The lowest BCUT2D eigenvalue weighted by Crippen LogP contribution is -2.14. The third-order valence-corrected chi connectivity index (χ3v) is 3.27. The van der Waals surface area contributed by atoms with Gasteiger partial charge in [0.25, 0.3) is 0 Å². The Balaban J connectivity index is 2.70. The second kappa shape index (κ2) is 6.79. The first-order valence-corrected chi connectivity index (χ1v) is 6.74.